The first-order valence-corrected chi connectivity index (χ1v) is 32.7. The number of anilines is 1. The first kappa shape index (κ1) is 62.2. The van der Waals surface area contributed by atoms with Crippen molar-refractivity contribution in [2.24, 2.45) is 0 Å². The van der Waals surface area contributed by atoms with Gasteiger partial charge in [-0.05, 0) is 64.3 Å². The first-order chi connectivity index (χ1) is 35.0. The maximum absolute atomic E-state index is 12.2. The van der Waals surface area contributed by atoms with Gasteiger partial charge in [-0.15, -0.1) is 0 Å². The number of hydrogen-bond donors (Lipinski definition) is 1. The number of carbonyl (C=O) groups is 2. The van der Waals surface area contributed by atoms with Gasteiger partial charge < -0.3 is 14.4 Å². The van der Waals surface area contributed by atoms with E-state index in [1.165, 1.54) is 283 Å². The normalized spacial score (nSPS) is 24.1. The third kappa shape index (κ3) is 31.3. The quantitative estimate of drug-likeness (QED) is 0.298. The van der Waals surface area contributed by atoms with Crippen LogP contribution in [-0.2, 0) is 14.3 Å². The standard InChI is InChI=1S/C63H109BrN2O4S/c64-58-55-57(56-60-61(67)65-62(68)71-60)47-48-59(58)66-51-46-44-42-40-38-36-34-32-30-28-26-24-22-20-18-16-14-12-10-8-6-4-2-1-3-5-7-9-11-13-15-17-19-21-23-25-27-29-31-33-35-37-39-41-43-45-49-63(50-52-66)69-53-54-70-63/h47-48,55-56H,1-46,49-54H2,(H,65,67,68). The van der Waals surface area contributed by atoms with Crippen LogP contribution < -0.4 is 10.2 Å². The highest BCUT2D eigenvalue weighted by molar-refractivity contribution is 9.10. The van der Waals surface area contributed by atoms with Gasteiger partial charge in [0.15, 0.2) is 5.79 Å². The molecule has 0 bridgehead atoms. The van der Waals surface area contributed by atoms with Crippen molar-refractivity contribution in [2.75, 3.05) is 31.2 Å². The molecule has 1 N–H and O–H groups in total. The van der Waals surface area contributed by atoms with Crippen LogP contribution >= 0.6 is 27.7 Å². The summed E-state index contributed by atoms with van der Waals surface area (Å²) < 4.78 is 13.9. The molecule has 2 amide bonds. The molecule has 0 unspecified atom stereocenters. The monoisotopic (exact) mass is 1070 g/mol. The number of imide groups is 1. The van der Waals surface area contributed by atoms with E-state index in [4.69, 9.17) is 9.47 Å². The fourth-order valence-corrected chi connectivity index (χ4v) is 12.8. The Morgan fingerprint density at radius 1 is 0.437 bits per heavy atom. The Balaban J connectivity index is 1.15. The highest BCUT2D eigenvalue weighted by atomic mass is 79.9. The third-order valence-corrected chi connectivity index (χ3v) is 17.5. The van der Waals surface area contributed by atoms with E-state index >= 15 is 0 Å². The van der Waals surface area contributed by atoms with Crippen molar-refractivity contribution >= 4 is 50.6 Å². The zero-order valence-electron chi connectivity index (χ0n) is 45.9. The number of nitrogens with zero attached hydrogens (tertiary/aromatic N) is 1. The second kappa shape index (κ2) is 42.8. The molecule has 1 aromatic rings. The van der Waals surface area contributed by atoms with E-state index in [1.807, 2.05) is 6.08 Å². The van der Waals surface area contributed by atoms with Gasteiger partial charge in [-0.2, -0.15) is 0 Å². The van der Waals surface area contributed by atoms with Crippen molar-refractivity contribution in [1.82, 2.24) is 5.32 Å². The van der Waals surface area contributed by atoms with E-state index in [2.05, 4.69) is 44.3 Å². The number of rotatable bonds is 2. The van der Waals surface area contributed by atoms with Gasteiger partial charge in [-0.25, -0.2) is 0 Å². The van der Waals surface area contributed by atoms with E-state index in [-0.39, 0.29) is 11.1 Å². The number of amides is 2. The molecule has 3 fully saturated rings. The molecule has 3 aliphatic heterocycles. The van der Waals surface area contributed by atoms with Gasteiger partial charge in [0.05, 0.1) is 23.8 Å². The van der Waals surface area contributed by atoms with Crippen LogP contribution in [0.4, 0.5) is 10.5 Å². The minimum Gasteiger partial charge on any atom is -0.370 e. The van der Waals surface area contributed by atoms with Crippen LogP contribution in [0.3, 0.4) is 0 Å². The van der Waals surface area contributed by atoms with Crippen LogP contribution in [0, 0.1) is 0 Å². The van der Waals surface area contributed by atoms with Crippen LogP contribution in [0.5, 0.6) is 0 Å². The lowest BCUT2D eigenvalue weighted by molar-refractivity contribution is -0.166. The third-order valence-electron chi connectivity index (χ3n) is 16.1. The molecule has 71 heavy (non-hydrogen) atoms. The number of benzene rings is 1. The van der Waals surface area contributed by atoms with Crippen molar-refractivity contribution < 1.29 is 19.1 Å². The first-order valence-electron chi connectivity index (χ1n) is 31.1. The van der Waals surface area contributed by atoms with Crippen molar-refractivity contribution in [3.8, 4) is 0 Å². The zero-order valence-corrected chi connectivity index (χ0v) is 48.3. The lowest BCUT2D eigenvalue weighted by Gasteiger charge is -2.33. The van der Waals surface area contributed by atoms with Crippen LogP contribution in [-0.4, -0.2) is 43.2 Å². The summed E-state index contributed by atoms with van der Waals surface area (Å²) >= 11 is 4.87. The van der Waals surface area contributed by atoms with Gasteiger partial charge in [-0.1, -0.05) is 289 Å². The molecule has 0 aliphatic carbocycles. The Labute approximate surface area is 450 Å². The van der Waals surface area contributed by atoms with Crippen LogP contribution in [0.2, 0.25) is 0 Å². The van der Waals surface area contributed by atoms with Crippen LogP contribution in [0.25, 0.3) is 6.08 Å². The van der Waals surface area contributed by atoms with E-state index in [9.17, 15) is 9.59 Å². The molecule has 0 atom stereocenters. The average molecular weight is 1070 g/mol. The maximum atomic E-state index is 12.2. The summed E-state index contributed by atoms with van der Waals surface area (Å²) in [6.45, 7) is 3.22. The summed E-state index contributed by atoms with van der Waals surface area (Å²) in [5, 5.41) is 2.06. The predicted octanol–water partition coefficient (Wildman–Crippen LogP) is 21.1. The van der Waals surface area contributed by atoms with Crippen LogP contribution in [0.1, 0.15) is 314 Å². The topological polar surface area (TPSA) is 67.9 Å². The summed E-state index contributed by atoms with van der Waals surface area (Å²) in [6, 6.07) is 6.30. The number of halogens is 1. The fourth-order valence-electron chi connectivity index (χ4n) is 11.5. The van der Waals surface area contributed by atoms with Crippen molar-refractivity contribution in [3.05, 3.63) is 33.1 Å². The molecule has 3 saturated heterocycles. The molecule has 1 spiro atoms. The molecule has 0 saturated carbocycles. The summed E-state index contributed by atoms with van der Waals surface area (Å²) in [4.78, 5) is 27.0. The van der Waals surface area contributed by atoms with Gasteiger partial charge in [0.2, 0.25) is 0 Å². The van der Waals surface area contributed by atoms with Gasteiger partial charge in [0.25, 0.3) is 11.1 Å². The second-order valence-electron chi connectivity index (χ2n) is 22.4. The molecule has 8 heteroatoms. The van der Waals surface area contributed by atoms with Gasteiger partial charge in [0.1, 0.15) is 0 Å². The lowest BCUT2D eigenvalue weighted by Crippen LogP contribution is -2.37. The number of carbonyl (C=O) groups excluding carboxylic acids is 2. The maximum Gasteiger partial charge on any atom is 0.290 e. The minimum atomic E-state index is -0.490. The highest BCUT2D eigenvalue weighted by Crippen LogP contribution is 2.35. The Bertz CT molecular complexity index is 1500. The van der Waals surface area contributed by atoms with Gasteiger partial charge in [0, 0.05) is 30.4 Å². The smallest absolute Gasteiger partial charge is 0.290 e. The van der Waals surface area contributed by atoms with Crippen molar-refractivity contribution in [2.45, 2.75) is 314 Å². The average Bonchev–Trinajstić information content (AvgIpc) is 3.97. The van der Waals surface area contributed by atoms with E-state index in [1.54, 1.807) is 0 Å². The zero-order chi connectivity index (χ0) is 50.0. The number of ether oxygens (including phenoxy) is 2. The molecule has 4 rings (SSSR count). The van der Waals surface area contributed by atoms with Gasteiger partial charge in [-0.3, -0.25) is 14.9 Å². The molecule has 3 heterocycles. The fraction of sp³-hybridized carbons (Fsp3) is 0.841. The molecule has 3 aliphatic rings. The minimum absolute atomic E-state index is 0.310. The molecule has 0 radical (unpaired) electrons. The SMILES string of the molecule is O=C1NC(=O)C(=Cc2ccc(N3CCCCCCCCCCCCCCCCCCCCCCCCCCCCCCCCCCCCCCCCCCCCCCCCC4(CC3)OCCO4)c(Br)c2)S1. The molecule has 408 valence electrons. The van der Waals surface area contributed by atoms with E-state index in [0.29, 0.717) is 18.1 Å². The number of thioether (sulfide) groups is 1. The molecule has 6 nitrogen and oxygen atoms in total. The highest BCUT2D eigenvalue weighted by Gasteiger charge is 2.36. The molecule has 1 aromatic carbocycles. The summed E-state index contributed by atoms with van der Waals surface area (Å²) in [5.74, 6) is -0.809. The van der Waals surface area contributed by atoms with E-state index in [0.717, 1.165) is 66.3 Å². The van der Waals surface area contributed by atoms with E-state index < -0.39 is 5.79 Å². The largest absolute Gasteiger partial charge is 0.370 e. The Morgan fingerprint density at radius 2 is 0.761 bits per heavy atom. The number of hydrogen-bond acceptors (Lipinski definition) is 6. The molecule has 0 aromatic heterocycles. The molecular formula is C63H109BrN2O4S. The Kier molecular flexibility index (Phi) is 37.5. The lowest BCUT2D eigenvalue weighted by atomic mass is 10.0. The predicted molar refractivity (Wildman–Crippen MR) is 312 cm³/mol. The second-order valence-corrected chi connectivity index (χ2v) is 24.3. The summed E-state index contributed by atoms with van der Waals surface area (Å²) in [6.07, 6.45) is 68.8. The summed E-state index contributed by atoms with van der Waals surface area (Å²) in [5.41, 5.74) is 2.07. The van der Waals surface area contributed by atoms with Crippen molar-refractivity contribution in [3.63, 3.8) is 0 Å². The Hall–Kier alpha value is -1.35. The Morgan fingerprint density at radius 3 is 1.07 bits per heavy atom. The molecular weight excluding hydrogens is 961 g/mol. The van der Waals surface area contributed by atoms with Crippen LogP contribution in [0.15, 0.2) is 27.6 Å². The van der Waals surface area contributed by atoms with Gasteiger partial charge >= 0.3 is 0 Å². The summed E-state index contributed by atoms with van der Waals surface area (Å²) in [7, 11) is 0. The number of nitrogens with one attached hydrogen (secondary N) is 1. The van der Waals surface area contributed by atoms with Crippen molar-refractivity contribution in [1.29, 1.82) is 0 Å².